The summed E-state index contributed by atoms with van der Waals surface area (Å²) in [6.45, 7) is 2.06. The number of imide groups is 1. The summed E-state index contributed by atoms with van der Waals surface area (Å²) in [4.78, 5) is 24.0. The van der Waals surface area contributed by atoms with Crippen LogP contribution in [-0.4, -0.2) is 42.3 Å². The van der Waals surface area contributed by atoms with Gasteiger partial charge in [0.15, 0.2) is 11.6 Å². The number of rotatable bonds is 12. The number of carbonyl (C=O) groups is 2. The van der Waals surface area contributed by atoms with E-state index >= 15 is 0 Å². The molecule has 0 atom stereocenters. The van der Waals surface area contributed by atoms with Crippen LogP contribution in [0.1, 0.15) is 37.7 Å². The summed E-state index contributed by atoms with van der Waals surface area (Å²) in [5.74, 6) is 1.37. The molecule has 3 rings (SSSR count). The second-order valence-corrected chi connectivity index (χ2v) is 8.01. The number of benzene rings is 1. The van der Waals surface area contributed by atoms with Gasteiger partial charge in [0.2, 0.25) is 5.91 Å². The molecule has 2 aliphatic rings. The quantitative estimate of drug-likeness (QED) is 0.323. The number of halogens is 1. The van der Waals surface area contributed by atoms with Crippen molar-refractivity contribution in [3.8, 4) is 5.75 Å². The van der Waals surface area contributed by atoms with Crippen molar-refractivity contribution in [3.63, 3.8) is 0 Å². The van der Waals surface area contributed by atoms with Crippen molar-refractivity contribution in [1.82, 2.24) is 14.9 Å². The lowest BCUT2D eigenvalue weighted by atomic mass is 10.2. The van der Waals surface area contributed by atoms with Gasteiger partial charge in [0.05, 0.1) is 6.61 Å². The molecular formula is C19H26FN3O3S. The highest BCUT2D eigenvalue weighted by Crippen LogP contribution is 2.30. The molecule has 3 amide bonds. The van der Waals surface area contributed by atoms with Crippen LogP contribution in [0.3, 0.4) is 0 Å². The second kappa shape index (κ2) is 9.94. The highest BCUT2D eigenvalue weighted by molar-refractivity contribution is 7.97. The number of unbranched alkanes of at least 4 members (excludes halogenated alkanes) is 2. The van der Waals surface area contributed by atoms with Crippen molar-refractivity contribution >= 4 is 23.9 Å². The van der Waals surface area contributed by atoms with Crippen molar-refractivity contribution < 1.29 is 18.7 Å². The Kier molecular flexibility index (Phi) is 7.34. The molecule has 0 spiro atoms. The Hall–Kier alpha value is -1.80. The van der Waals surface area contributed by atoms with E-state index < -0.39 is 0 Å². The molecule has 1 aromatic carbocycles. The molecule has 0 bridgehead atoms. The second-order valence-electron chi connectivity index (χ2n) is 7.02. The molecule has 1 aromatic rings. The fraction of sp³-hybridized carbons (Fsp3) is 0.579. The van der Waals surface area contributed by atoms with Crippen molar-refractivity contribution in [3.05, 3.63) is 29.6 Å². The summed E-state index contributed by atoms with van der Waals surface area (Å²) in [5.41, 5.74) is 0.999. The largest absolute Gasteiger partial charge is 0.490 e. The zero-order valence-electron chi connectivity index (χ0n) is 15.3. The van der Waals surface area contributed by atoms with E-state index in [9.17, 15) is 14.0 Å². The Morgan fingerprint density at radius 1 is 1.26 bits per heavy atom. The monoisotopic (exact) mass is 395 g/mol. The number of carbonyl (C=O) groups excluding carboxylic acids is 2. The van der Waals surface area contributed by atoms with Gasteiger partial charge in [0, 0.05) is 18.8 Å². The van der Waals surface area contributed by atoms with Crippen LogP contribution in [-0.2, 0) is 11.3 Å². The Balaban J connectivity index is 1.24. The maximum Gasteiger partial charge on any atom is 0.324 e. The molecule has 0 aromatic heterocycles. The maximum atomic E-state index is 13.8. The average Bonchev–Trinajstić information content (AvgIpc) is 3.41. The molecule has 2 N–H and O–H groups in total. The predicted molar refractivity (Wildman–Crippen MR) is 103 cm³/mol. The van der Waals surface area contributed by atoms with Crippen molar-refractivity contribution in [1.29, 1.82) is 0 Å². The predicted octanol–water partition coefficient (Wildman–Crippen LogP) is 3.07. The number of hydrogen-bond acceptors (Lipinski definition) is 5. The van der Waals surface area contributed by atoms with E-state index in [1.165, 1.54) is 18.9 Å². The van der Waals surface area contributed by atoms with E-state index in [1.54, 1.807) is 29.0 Å². The zero-order valence-corrected chi connectivity index (χ0v) is 16.2. The first-order valence-electron chi connectivity index (χ1n) is 9.46. The van der Waals surface area contributed by atoms with E-state index in [1.807, 2.05) is 0 Å². The van der Waals surface area contributed by atoms with Crippen LogP contribution in [0.5, 0.6) is 5.75 Å². The maximum absolute atomic E-state index is 13.8. The van der Waals surface area contributed by atoms with E-state index in [2.05, 4.69) is 10.0 Å². The smallest absolute Gasteiger partial charge is 0.324 e. The molecule has 148 valence electrons. The SMILES string of the molecule is O=C1CN(CCCCCSNCc2ccc(F)c(OCC3CC3)c2)C(=O)N1. The first-order valence-corrected chi connectivity index (χ1v) is 10.4. The molecular weight excluding hydrogens is 369 g/mol. The Bertz CT molecular complexity index is 670. The van der Waals surface area contributed by atoms with Gasteiger partial charge in [0.25, 0.3) is 0 Å². The van der Waals surface area contributed by atoms with Gasteiger partial charge in [-0.25, -0.2) is 9.18 Å². The van der Waals surface area contributed by atoms with Crippen LogP contribution in [0.2, 0.25) is 0 Å². The Labute approximate surface area is 163 Å². The molecule has 1 aliphatic heterocycles. The van der Waals surface area contributed by atoms with Gasteiger partial charge in [-0.2, -0.15) is 0 Å². The average molecular weight is 396 g/mol. The molecule has 0 radical (unpaired) electrons. The van der Waals surface area contributed by atoms with E-state index in [0.717, 1.165) is 30.6 Å². The zero-order chi connectivity index (χ0) is 19.1. The van der Waals surface area contributed by atoms with Gasteiger partial charge < -0.3 is 9.64 Å². The normalized spacial score (nSPS) is 16.7. The summed E-state index contributed by atoms with van der Waals surface area (Å²) in [6.07, 6.45) is 5.29. The fourth-order valence-electron chi connectivity index (χ4n) is 2.78. The van der Waals surface area contributed by atoms with E-state index in [-0.39, 0.29) is 24.3 Å². The third-order valence-corrected chi connectivity index (χ3v) is 5.43. The third-order valence-electron chi connectivity index (χ3n) is 4.59. The Morgan fingerprint density at radius 2 is 2.11 bits per heavy atom. The number of hydrogen-bond donors (Lipinski definition) is 2. The van der Waals surface area contributed by atoms with Crippen molar-refractivity contribution in [2.24, 2.45) is 5.92 Å². The molecule has 0 unspecified atom stereocenters. The lowest BCUT2D eigenvalue weighted by Gasteiger charge is -2.12. The number of nitrogens with one attached hydrogen (secondary N) is 2. The standard InChI is InChI=1S/C19H26FN3O3S/c20-16-7-6-15(10-17(16)26-13-14-4-5-14)11-21-27-9-3-1-2-8-23-12-18(24)22-19(23)25/h6-7,10,14,21H,1-5,8-9,11-13H2,(H,22,24,25). The van der Waals surface area contributed by atoms with Crippen LogP contribution in [0, 0.1) is 11.7 Å². The molecule has 1 saturated heterocycles. The number of ether oxygens (including phenoxy) is 1. The van der Waals surface area contributed by atoms with Gasteiger partial charge in [-0.15, -0.1) is 0 Å². The number of nitrogens with zero attached hydrogens (tertiary/aromatic N) is 1. The van der Waals surface area contributed by atoms with Crippen LogP contribution in [0.15, 0.2) is 18.2 Å². The van der Waals surface area contributed by atoms with E-state index in [0.29, 0.717) is 31.4 Å². The molecule has 1 saturated carbocycles. The molecule has 6 nitrogen and oxygen atoms in total. The molecule has 27 heavy (non-hydrogen) atoms. The highest BCUT2D eigenvalue weighted by Gasteiger charge is 2.25. The minimum atomic E-state index is -0.305. The van der Waals surface area contributed by atoms with Crippen LogP contribution in [0.25, 0.3) is 0 Å². The van der Waals surface area contributed by atoms with Gasteiger partial charge in [-0.3, -0.25) is 14.8 Å². The lowest BCUT2D eigenvalue weighted by molar-refractivity contribution is -0.118. The molecule has 2 fully saturated rings. The Morgan fingerprint density at radius 3 is 2.85 bits per heavy atom. The third kappa shape index (κ3) is 6.70. The van der Waals surface area contributed by atoms with Crippen molar-refractivity contribution in [2.75, 3.05) is 25.4 Å². The molecule has 1 aliphatic carbocycles. The fourth-order valence-corrected chi connectivity index (χ4v) is 3.55. The summed E-state index contributed by atoms with van der Waals surface area (Å²) in [6, 6.07) is 4.72. The van der Waals surface area contributed by atoms with Gasteiger partial charge >= 0.3 is 6.03 Å². The first-order chi connectivity index (χ1) is 13.1. The number of urea groups is 1. The summed E-state index contributed by atoms with van der Waals surface area (Å²) >= 11 is 1.64. The molecule has 1 heterocycles. The van der Waals surface area contributed by atoms with Gasteiger partial charge in [-0.1, -0.05) is 24.4 Å². The highest BCUT2D eigenvalue weighted by atomic mass is 32.2. The van der Waals surface area contributed by atoms with Crippen LogP contribution < -0.4 is 14.8 Å². The molecule has 8 heteroatoms. The topological polar surface area (TPSA) is 70.7 Å². The lowest BCUT2D eigenvalue weighted by Crippen LogP contribution is -2.29. The minimum absolute atomic E-state index is 0.180. The van der Waals surface area contributed by atoms with E-state index in [4.69, 9.17) is 4.74 Å². The minimum Gasteiger partial charge on any atom is -0.490 e. The van der Waals surface area contributed by atoms with Crippen LogP contribution >= 0.6 is 11.9 Å². The first kappa shape index (κ1) is 19.9. The van der Waals surface area contributed by atoms with Crippen LogP contribution in [0.4, 0.5) is 9.18 Å². The van der Waals surface area contributed by atoms with Gasteiger partial charge in [-0.05, 0) is 49.3 Å². The summed E-state index contributed by atoms with van der Waals surface area (Å²) < 4.78 is 22.6. The summed E-state index contributed by atoms with van der Waals surface area (Å²) in [5, 5.41) is 2.28. The van der Waals surface area contributed by atoms with Crippen molar-refractivity contribution in [2.45, 2.75) is 38.6 Å². The number of amides is 3. The van der Waals surface area contributed by atoms with Gasteiger partial charge in [0.1, 0.15) is 6.54 Å². The summed E-state index contributed by atoms with van der Waals surface area (Å²) in [7, 11) is 0.